The molecule has 1 N–H and O–H groups in total. The van der Waals surface area contributed by atoms with Crippen molar-refractivity contribution in [3.63, 3.8) is 0 Å². The maximum absolute atomic E-state index is 13.0. The Bertz CT molecular complexity index is 870. The highest BCUT2D eigenvalue weighted by atomic mass is 32.1. The molecule has 0 saturated carbocycles. The number of nitrogens with zero attached hydrogens (tertiary/aromatic N) is 2. The van der Waals surface area contributed by atoms with Gasteiger partial charge in [0, 0.05) is 32.7 Å². The number of urea groups is 1. The van der Waals surface area contributed by atoms with E-state index in [0.717, 1.165) is 43.8 Å². The van der Waals surface area contributed by atoms with Crippen LogP contribution in [0.25, 0.3) is 0 Å². The number of hydrogen-bond donors (Lipinski definition) is 1. The van der Waals surface area contributed by atoms with E-state index in [0.29, 0.717) is 34.4 Å². The second kappa shape index (κ2) is 12.0. The van der Waals surface area contributed by atoms with Crippen molar-refractivity contribution >= 4 is 34.3 Å². The Hall–Kier alpha value is -2.17. The lowest BCUT2D eigenvalue weighted by Gasteiger charge is -2.39. The van der Waals surface area contributed by atoms with Gasteiger partial charge in [-0.3, -0.25) is 10.2 Å². The van der Waals surface area contributed by atoms with Crippen LogP contribution in [-0.2, 0) is 14.2 Å². The number of anilines is 1. The molecule has 0 spiro atoms. The smallest absolute Gasteiger partial charge is 0.348 e. The quantitative estimate of drug-likeness (QED) is 0.575. The highest BCUT2D eigenvalue weighted by Gasteiger charge is 2.31. The van der Waals surface area contributed by atoms with Gasteiger partial charge >= 0.3 is 18.0 Å². The number of esters is 2. The lowest BCUT2D eigenvalue weighted by molar-refractivity contribution is -0.0728. The third-order valence-electron chi connectivity index (χ3n) is 6.22. The molecular weight excluding hydrogens is 458 g/mol. The van der Waals surface area contributed by atoms with Crippen LogP contribution < -0.4 is 5.32 Å². The monoisotopic (exact) mass is 495 g/mol. The predicted molar refractivity (Wildman–Crippen MR) is 131 cm³/mol. The van der Waals surface area contributed by atoms with Gasteiger partial charge < -0.3 is 19.1 Å². The third kappa shape index (κ3) is 6.49. The van der Waals surface area contributed by atoms with Crippen LogP contribution in [-0.4, -0.2) is 85.9 Å². The van der Waals surface area contributed by atoms with Gasteiger partial charge in [0.2, 0.25) is 0 Å². The van der Waals surface area contributed by atoms with E-state index in [1.807, 2.05) is 0 Å². The molecule has 2 aliphatic heterocycles. The number of piperidine rings is 1. The van der Waals surface area contributed by atoms with Crippen LogP contribution in [0.2, 0.25) is 0 Å². The van der Waals surface area contributed by atoms with Crippen molar-refractivity contribution < 1.29 is 28.6 Å². The standard InChI is InChI=1S/C24H37N3O6S/c1-6-31-22(28)19-17(5)20(23(29)32-7-2)34-21(19)25-24(30)27-10-8-18(9-11-27)14-26-12-15(3)33-16(4)13-26/h15-16,18H,6-14H2,1-5H3,(H,25,30). The summed E-state index contributed by atoms with van der Waals surface area (Å²) in [6.07, 6.45) is 2.35. The highest BCUT2D eigenvalue weighted by Crippen LogP contribution is 2.35. The molecule has 2 aliphatic rings. The van der Waals surface area contributed by atoms with Crippen molar-refractivity contribution in [3.05, 3.63) is 16.0 Å². The molecule has 2 amide bonds. The molecule has 34 heavy (non-hydrogen) atoms. The third-order valence-corrected chi connectivity index (χ3v) is 7.41. The van der Waals surface area contributed by atoms with Crippen LogP contribution in [0.15, 0.2) is 0 Å². The van der Waals surface area contributed by atoms with Crippen molar-refractivity contribution in [2.24, 2.45) is 5.92 Å². The van der Waals surface area contributed by atoms with Crippen molar-refractivity contribution in [2.75, 3.05) is 51.3 Å². The first-order valence-corrected chi connectivity index (χ1v) is 13.0. The molecule has 0 aromatic carbocycles. The largest absolute Gasteiger partial charge is 0.462 e. The van der Waals surface area contributed by atoms with Gasteiger partial charge in [0.05, 0.1) is 31.0 Å². The summed E-state index contributed by atoms with van der Waals surface area (Å²) < 4.78 is 16.1. The minimum absolute atomic E-state index is 0.199. The first kappa shape index (κ1) is 26.4. The van der Waals surface area contributed by atoms with E-state index in [1.165, 1.54) is 0 Å². The molecule has 0 bridgehead atoms. The predicted octanol–water partition coefficient (Wildman–Crippen LogP) is 3.76. The summed E-state index contributed by atoms with van der Waals surface area (Å²) in [5.74, 6) is -0.533. The van der Waals surface area contributed by atoms with Crippen molar-refractivity contribution in [1.82, 2.24) is 9.80 Å². The van der Waals surface area contributed by atoms with Crippen molar-refractivity contribution in [3.8, 4) is 0 Å². The fourth-order valence-corrected chi connectivity index (χ4v) is 5.81. The maximum Gasteiger partial charge on any atom is 0.348 e. The molecule has 9 nitrogen and oxygen atoms in total. The second-order valence-corrected chi connectivity index (χ2v) is 10.1. The molecule has 190 valence electrons. The van der Waals surface area contributed by atoms with E-state index in [9.17, 15) is 14.4 Å². The minimum atomic E-state index is -0.560. The normalized spacial score (nSPS) is 21.9. The molecule has 2 fully saturated rings. The Morgan fingerprint density at radius 2 is 1.62 bits per heavy atom. The maximum atomic E-state index is 13.0. The molecule has 3 heterocycles. The van der Waals surface area contributed by atoms with Crippen LogP contribution in [0.4, 0.5) is 9.80 Å². The van der Waals surface area contributed by atoms with E-state index in [2.05, 4.69) is 24.1 Å². The first-order valence-electron chi connectivity index (χ1n) is 12.1. The van der Waals surface area contributed by atoms with Crippen molar-refractivity contribution in [2.45, 2.75) is 59.7 Å². The summed E-state index contributed by atoms with van der Waals surface area (Å²) in [5, 5.41) is 3.18. The summed E-state index contributed by atoms with van der Waals surface area (Å²) in [7, 11) is 0. The number of rotatable bonds is 7. The van der Waals surface area contributed by atoms with Gasteiger partial charge in [-0.15, -0.1) is 11.3 Å². The molecule has 2 unspecified atom stereocenters. The topological polar surface area (TPSA) is 97.4 Å². The SMILES string of the molecule is CCOC(=O)c1sc(NC(=O)N2CCC(CN3CC(C)OC(C)C3)CC2)c(C(=O)OCC)c1C. The van der Waals surface area contributed by atoms with Crippen LogP contribution in [0.5, 0.6) is 0 Å². The van der Waals surface area contributed by atoms with E-state index in [1.54, 1.807) is 25.7 Å². The number of amides is 2. The second-order valence-electron chi connectivity index (χ2n) is 9.04. The number of morpholine rings is 1. The zero-order valence-electron chi connectivity index (χ0n) is 20.8. The van der Waals surface area contributed by atoms with Gasteiger partial charge in [-0.25, -0.2) is 14.4 Å². The van der Waals surface area contributed by atoms with E-state index >= 15 is 0 Å². The molecule has 1 aromatic heterocycles. The van der Waals surface area contributed by atoms with E-state index in [-0.39, 0.29) is 37.0 Å². The summed E-state index contributed by atoms with van der Waals surface area (Å²) in [4.78, 5) is 42.5. The molecule has 2 saturated heterocycles. The molecule has 1 aromatic rings. The van der Waals surface area contributed by atoms with E-state index in [4.69, 9.17) is 14.2 Å². The number of nitrogens with one attached hydrogen (secondary N) is 1. The van der Waals surface area contributed by atoms with Gasteiger partial charge in [0.1, 0.15) is 9.88 Å². The van der Waals surface area contributed by atoms with Gasteiger partial charge in [0.15, 0.2) is 0 Å². The Morgan fingerprint density at radius 3 is 2.21 bits per heavy atom. The number of thiophene rings is 1. The van der Waals surface area contributed by atoms with Crippen LogP contribution in [0, 0.1) is 12.8 Å². The summed E-state index contributed by atoms with van der Waals surface area (Å²) in [6.45, 7) is 14.0. The van der Waals surface area contributed by atoms with Crippen molar-refractivity contribution in [1.29, 1.82) is 0 Å². The Morgan fingerprint density at radius 1 is 1.03 bits per heavy atom. The Labute approximate surface area is 205 Å². The average Bonchev–Trinajstić information content (AvgIpc) is 3.09. The van der Waals surface area contributed by atoms with Gasteiger partial charge in [0.25, 0.3) is 0 Å². The lowest BCUT2D eigenvalue weighted by Crippen LogP contribution is -2.49. The number of likely N-dealkylation sites (tertiary alicyclic amines) is 1. The van der Waals surface area contributed by atoms with E-state index < -0.39 is 11.9 Å². The number of carbonyl (C=O) groups is 3. The van der Waals surface area contributed by atoms with Crippen LogP contribution >= 0.6 is 11.3 Å². The first-order chi connectivity index (χ1) is 16.2. The zero-order chi connectivity index (χ0) is 24.8. The Kier molecular flexibility index (Phi) is 9.32. The highest BCUT2D eigenvalue weighted by molar-refractivity contribution is 7.18. The van der Waals surface area contributed by atoms with Crippen LogP contribution in [0.3, 0.4) is 0 Å². The summed E-state index contributed by atoms with van der Waals surface area (Å²) >= 11 is 1.05. The zero-order valence-corrected chi connectivity index (χ0v) is 21.7. The molecule has 10 heteroatoms. The number of ether oxygens (including phenoxy) is 3. The summed E-state index contributed by atoms with van der Waals surface area (Å²) in [6, 6.07) is -0.269. The van der Waals surface area contributed by atoms with Gasteiger partial charge in [-0.05, 0) is 58.9 Å². The van der Waals surface area contributed by atoms with Gasteiger partial charge in [-0.2, -0.15) is 0 Å². The van der Waals surface area contributed by atoms with Gasteiger partial charge in [-0.1, -0.05) is 0 Å². The number of carbonyl (C=O) groups excluding carboxylic acids is 3. The minimum Gasteiger partial charge on any atom is -0.462 e. The Balaban J connectivity index is 1.62. The molecule has 3 rings (SSSR count). The fourth-order valence-electron chi connectivity index (χ4n) is 4.74. The average molecular weight is 496 g/mol. The molecular formula is C24H37N3O6S. The molecule has 0 radical (unpaired) electrons. The lowest BCUT2D eigenvalue weighted by atomic mass is 9.96. The fraction of sp³-hybridized carbons (Fsp3) is 0.708. The van der Waals surface area contributed by atoms with Crippen LogP contribution in [0.1, 0.15) is 66.1 Å². The number of hydrogen-bond acceptors (Lipinski definition) is 8. The summed E-state index contributed by atoms with van der Waals surface area (Å²) in [5.41, 5.74) is 0.679. The molecule has 2 atom stereocenters. The molecule has 0 aliphatic carbocycles.